The topological polar surface area (TPSA) is 52.0 Å². The first-order valence-electron chi connectivity index (χ1n) is 6.05. The van der Waals surface area contributed by atoms with Gasteiger partial charge in [0.25, 0.3) is 0 Å². The highest BCUT2D eigenvalue weighted by Gasteiger charge is 2.22. The zero-order valence-electron chi connectivity index (χ0n) is 10.2. The molecule has 86 valence electrons. The second kappa shape index (κ2) is 7.24. The van der Waals surface area contributed by atoms with Crippen LogP contribution in [0.5, 0.6) is 0 Å². The van der Waals surface area contributed by atoms with Gasteiger partial charge in [0.05, 0.1) is 0 Å². The Morgan fingerprint density at radius 1 is 1.07 bits per heavy atom. The van der Waals surface area contributed by atoms with E-state index in [1.54, 1.807) is 0 Å². The van der Waals surface area contributed by atoms with E-state index in [0.717, 1.165) is 6.42 Å². The molecule has 4 N–H and O–H groups in total. The summed E-state index contributed by atoms with van der Waals surface area (Å²) in [6, 6.07) is 0.0955. The molecule has 0 aliphatic carbocycles. The zero-order chi connectivity index (χ0) is 11.0. The van der Waals surface area contributed by atoms with Crippen molar-refractivity contribution in [3.63, 3.8) is 0 Å². The van der Waals surface area contributed by atoms with Gasteiger partial charge in [-0.05, 0) is 20.3 Å². The smallest absolute Gasteiger partial charge is 0.0276 e. The molecule has 0 saturated heterocycles. The minimum Gasteiger partial charge on any atom is -0.326 e. The summed E-state index contributed by atoms with van der Waals surface area (Å²) >= 11 is 0. The van der Waals surface area contributed by atoms with Gasteiger partial charge in [-0.1, -0.05) is 45.4 Å². The van der Waals surface area contributed by atoms with Crippen LogP contribution in [0.1, 0.15) is 65.7 Å². The van der Waals surface area contributed by atoms with Crippen molar-refractivity contribution in [1.82, 2.24) is 0 Å². The molecule has 0 spiro atoms. The summed E-state index contributed by atoms with van der Waals surface area (Å²) in [5.41, 5.74) is 11.7. The average molecular weight is 200 g/mol. The van der Waals surface area contributed by atoms with E-state index < -0.39 is 0 Å². The van der Waals surface area contributed by atoms with Crippen molar-refractivity contribution < 1.29 is 0 Å². The van der Waals surface area contributed by atoms with Gasteiger partial charge in [-0.2, -0.15) is 0 Å². The third kappa shape index (κ3) is 6.39. The monoisotopic (exact) mass is 200 g/mol. The Hall–Kier alpha value is -0.0800. The van der Waals surface area contributed by atoms with Gasteiger partial charge in [0.2, 0.25) is 0 Å². The first-order chi connectivity index (χ1) is 6.50. The predicted octanol–water partition coefficient (Wildman–Crippen LogP) is 2.80. The highest BCUT2D eigenvalue weighted by atomic mass is 14.8. The van der Waals surface area contributed by atoms with Crippen LogP contribution in [0.4, 0.5) is 0 Å². The van der Waals surface area contributed by atoms with Crippen LogP contribution in [0.15, 0.2) is 0 Å². The Morgan fingerprint density at radius 2 is 1.57 bits per heavy atom. The molecule has 0 saturated carbocycles. The van der Waals surface area contributed by atoms with E-state index in [2.05, 4.69) is 13.8 Å². The van der Waals surface area contributed by atoms with Crippen LogP contribution in [0.3, 0.4) is 0 Å². The van der Waals surface area contributed by atoms with Gasteiger partial charge >= 0.3 is 0 Å². The summed E-state index contributed by atoms with van der Waals surface area (Å²) in [5.74, 6) is 0. The Bertz CT molecular complexity index is 130. The summed E-state index contributed by atoms with van der Waals surface area (Å²) in [6.07, 6.45) is 8.98. The normalized spacial score (nSPS) is 17.8. The van der Waals surface area contributed by atoms with E-state index >= 15 is 0 Å². The van der Waals surface area contributed by atoms with Gasteiger partial charge in [0.1, 0.15) is 0 Å². The largest absolute Gasteiger partial charge is 0.326 e. The molecule has 0 aromatic rings. The quantitative estimate of drug-likeness (QED) is 0.592. The van der Waals surface area contributed by atoms with Crippen LogP contribution in [0, 0.1) is 0 Å². The minimum absolute atomic E-state index is 0.0955. The predicted molar refractivity (Wildman–Crippen MR) is 64.2 cm³/mol. The second-order valence-corrected chi connectivity index (χ2v) is 4.81. The van der Waals surface area contributed by atoms with Crippen molar-refractivity contribution in [2.45, 2.75) is 77.3 Å². The summed E-state index contributed by atoms with van der Waals surface area (Å²) in [4.78, 5) is 0. The fraction of sp³-hybridized carbons (Fsp3) is 1.00. The SMILES string of the molecule is CCCCCCCCC(C)(N)C(C)N. The molecule has 0 heterocycles. The second-order valence-electron chi connectivity index (χ2n) is 4.81. The van der Waals surface area contributed by atoms with E-state index in [-0.39, 0.29) is 11.6 Å². The maximum atomic E-state index is 6.08. The summed E-state index contributed by atoms with van der Waals surface area (Å²) < 4.78 is 0. The van der Waals surface area contributed by atoms with Crippen molar-refractivity contribution in [2.75, 3.05) is 0 Å². The molecule has 0 aliphatic rings. The molecule has 2 heteroatoms. The summed E-state index contributed by atoms with van der Waals surface area (Å²) in [6.45, 7) is 6.30. The fourth-order valence-corrected chi connectivity index (χ4v) is 1.51. The lowest BCUT2D eigenvalue weighted by molar-refractivity contribution is 0.351. The van der Waals surface area contributed by atoms with E-state index in [1.807, 2.05) is 6.92 Å². The molecule has 2 unspecified atom stereocenters. The van der Waals surface area contributed by atoms with Gasteiger partial charge in [-0.3, -0.25) is 0 Å². The molecule has 0 aliphatic heterocycles. The molecule has 0 fully saturated rings. The average Bonchev–Trinajstić information content (AvgIpc) is 2.10. The molecule has 0 radical (unpaired) electrons. The van der Waals surface area contributed by atoms with Crippen LogP contribution in [-0.4, -0.2) is 11.6 Å². The van der Waals surface area contributed by atoms with Crippen LogP contribution in [0.25, 0.3) is 0 Å². The Balaban J connectivity index is 3.35. The van der Waals surface area contributed by atoms with Crippen LogP contribution in [0.2, 0.25) is 0 Å². The fourth-order valence-electron chi connectivity index (χ4n) is 1.51. The molecule has 14 heavy (non-hydrogen) atoms. The van der Waals surface area contributed by atoms with E-state index in [0.29, 0.717) is 0 Å². The molecule has 0 rings (SSSR count). The van der Waals surface area contributed by atoms with Crippen LogP contribution < -0.4 is 11.5 Å². The summed E-state index contributed by atoms with van der Waals surface area (Å²) in [7, 11) is 0. The standard InChI is InChI=1S/C12H28N2/c1-4-5-6-7-8-9-10-12(3,14)11(2)13/h11H,4-10,13-14H2,1-3H3. The minimum atomic E-state index is -0.176. The molecular formula is C12H28N2. The van der Waals surface area contributed by atoms with Crippen molar-refractivity contribution in [3.8, 4) is 0 Å². The van der Waals surface area contributed by atoms with Crippen molar-refractivity contribution in [2.24, 2.45) is 11.5 Å². The first-order valence-corrected chi connectivity index (χ1v) is 6.05. The number of hydrogen-bond acceptors (Lipinski definition) is 2. The molecule has 0 aromatic carbocycles. The highest BCUT2D eigenvalue weighted by molar-refractivity contribution is 4.86. The number of hydrogen-bond donors (Lipinski definition) is 2. The molecule has 2 nitrogen and oxygen atoms in total. The Labute approximate surface area is 89.4 Å². The highest BCUT2D eigenvalue weighted by Crippen LogP contribution is 2.15. The third-order valence-electron chi connectivity index (χ3n) is 3.11. The maximum absolute atomic E-state index is 6.08. The van der Waals surface area contributed by atoms with Crippen molar-refractivity contribution in [1.29, 1.82) is 0 Å². The number of nitrogens with two attached hydrogens (primary N) is 2. The van der Waals surface area contributed by atoms with Gasteiger partial charge < -0.3 is 11.5 Å². The Morgan fingerprint density at radius 3 is 2.07 bits per heavy atom. The third-order valence-corrected chi connectivity index (χ3v) is 3.11. The molecule has 0 amide bonds. The van der Waals surface area contributed by atoms with Crippen molar-refractivity contribution in [3.05, 3.63) is 0 Å². The Kier molecular flexibility index (Phi) is 7.20. The molecule has 0 bridgehead atoms. The molecular weight excluding hydrogens is 172 g/mol. The lowest BCUT2D eigenvalue weighted by atomic mass is 9.89. The van der Waals surface area contributed by atoms with Gasteiger partial charge in [-0.25, -0.2) is 0 Å². The lowest BCUT2D eigenvalue weighted by Crippen LogP contribution is -2.51. The van der Waals surface area contributed by atoms with Gasteiger partial charge in [-0.15, -0.1) is 0 Å². The number of unbranched alkanes of at least 4 members (excludes halogenated alkanes) is 5. The van der Waals surface area contributed by atoms with Crippen LogP contribution in [-0.2, 0) is 0 Å². The molecule has 2 atom stereocenters. The maximum Gasteiger partial charge on any atom is 0.0276 e. The first kappa shape index (κ1) is 13.9. The van der Waals surface area contributed by atoms with Gasteiger partial charge in [0.15, 0.2) is 0 Å². The number of rotatable bonds is 8. The van der Waals surface area contributed by atoms with E-state index in [1.165, 1.54) is 38.5 Å². The summed E-state index contributed by atoms with van der Waals surface area (Å²) in [5, 5.41) is 0. The van der Waals surface area contributed by atoms with Gasteiger partial charge in [0, 0.05) is 11.6 Å². The van der Waals surface area contributed by atoms with Crippen LogP contribution >= 0.6 is 0 Å². The lowest BCUT2D eigenvalue weighted by Gasteiger charge is -2.28. The van der Waals surface area contributed by atoms with E-state index in [9.17, 15) is 0 Å². The van der Waals surface area contributed by atoms with Crippen molar-refractivity contribution >= 4 is 0 Å². The molecule has 0 aromatic heterocycles. The van der Waals surface area contributed by atoms with E-state index in [4.69, 9.17) is 11.5 Å². The zero-order valence-corrected chi connectivity index (χ0v) is 10.2.